The summed E-state index contributed by atoms with van der Waals surface area (Å²) >= 11 is 0. The first-order valence-corrected chi connectivity index (χ1v) is 5.87. The Balaban J connectivity index is 2.11. The Labute approximate surface area is 110 Å². The van der Waals surface area contributed by atoms with Crippen LogP contribution in [0.5, 0.6) is 0 Å². The topological polar surface area (TPSA) is 79.4 Å². The molecule has 0 saturated carbocycles. The van der Waals surface area contributed by atoms with E-state index >= 15 is 0 Å². The molecule has 0 atom stereocenters. The van der Waals surface area contributed by atoms with E-state index in [2.05, 4.69) is 5.10 Å². The van der Waals surface area contributed by atoms with E-state index < -0.39 is 5.97 Å². The summed E-state index contributed by atoms with van der Waals surface area (Å²) in [5, 5.41) is 4.13. The van der Waals surface area contributed by atoms with E-state index in [1.54, 1.807) is 18.3 Å². The van der Waals surface area contributed by atoms with Crippen molar-refractivity contribution in [3.8, 4) is 5.69 Å². The number of carbonyl (C=O) groups is 1. The smallest absolute Gasteiger partial charge is 0.360 e. The van der Waals surface area contributed by atoms with Crippen LogP contribution in [-0.4, -0.2) is 29.1 Å². The first-order chi connectivity index (χ1) is 9.22. The molecule has 0 unspecified atom stereocenters. The van der Waals surface area contributed by atoms with Crippen molar-refractivity contribution in [2.45, 2.75) is 6.92 Å². The molecule has 19 heavy (non-hydrogen) atoms. The van der Waals surface area contributed by atoms with Gasteiger partial charge in [0.2, 0.25) is 0 Å². The van der Waals surface area contributed by atoms with E-state index in [9.17, 15) is 4.79 Å². The molecule has 1 aromatic carbocycles. The summed E-state index contributed by atoms with van der Waals surface area (Å²) in [5.74, 6) is -0.526. The molecule has 0 bridgehead atoms. The second kappa shape index (κ2) is 6.01. The van der Waals surface area contributed by atoms with E-state index in [-0.39, 0.29) is 12.5 Å². The molecule has 0 fully saturated rings. The number of rotatable bonds is 5. The van der Waals surface area contributed by atoms with Crippen LogP contribution in [0, 0.1) is 0 Å². The molecule has 0 aliphatic rings. The van der Waals surface area contributed by atoms with E-state index in [4.69, 9.17) is 15.2 Å². The molecule has 2 aromatic rings. The van der Waals surface area contributed by atoms with Gasteiger partial charge in [-0.15, -0.1) is 0 Å². The van der Waals surface area contributed by atoms with Crippen LogP contribution in [0.15, 0.2) is 36.5 Å². The van der Waals surface area contributed by atoms with Gasteiger partial charge >= 0.3 is 5.97 Å². The van der Waals surface area contributed by atoms with Gasteiger partial charge in [-0.2, -0.15) is 5.10 Å². The van der Waals surface area contributed by atoms with Crippen molar-refractivity contribution in [1.29, 1.82) is 0 Å². The second-order valence-corrected chi connectivity index (χ2v) is 3.75. The van der Waals surface area contributed by atoms with Gasteiger partial charge in [0.1, 0.15) is 0 Å². The van der Waals surface area contributed by atoms with Crippen LogP contribution in [0.2, 0.25) is 0 Å². The summed E-state index contributed by atoms with van der Waals surface area (Å²) in [4.78, 5) is 11.6. The molecule has 0 aliphatic heterocycles. The van der Waals surface area contributed by atoms with Crippen molar-refractivity contribution in [3.63, 3.8) is 0 Å². The Morgan fingerprint density at radius 1 is 1.37 bits per heavy atom. The van der Waals surface area contributed by atoms with Crippen molar-refractivity contribution in [1.82, 2.24) is 9.78 Å². The van der Waals surface area contributed by atoms with Crippen molar-refractivity contribution in [2.75, 3.05) is 19.1 Å². The van der Waals surface area contributed by atoms with Crippen LogP contribution in [-0.2, 0) is 9.47 Å². The summed E-state index contributed by atoms with van der Waals surface area (Å²) in [5.41, 5.74) is 7.35. The molecule has 0 aliphatic carbocycles. The Kier molecular flexibility index (Phi) is 4.15. The average Bonchev–Trinajstić information content (AvgIpc) is 2.89. The number of nitrogens with two attached hydrogens (primary N) is 1. The summed E-state index contributed by atoms with van der Waals surface area (Å²) in [6, 6.07) is 8.84. The minimum absolute atomic E-state index is 0.0737. The normalized spacial score (nSPS) is 10.4. The van der Waals surface area contributed by atoms with Crippen LogP contribution in [0.25, 0.3) is 5.69 Å². The van der Waals surface area contributed by atoms with Crippen LogP contribution < -0.4 is 5.73 Å². The highest BCUT2D eigenvalue weighted by Gasteiger charge is 2.12. The number of nitrogens with zero attached hydrogens (tertiary/aromatic N) is 2. The number of benzene rings is 1. The minimum atomic E-state index is -0.526. The lowest BCUT2D eigenvalue weighted by Crippen LogP contribution is -2.10. The summed E-state index contributed by atoms with van der Waals surface area (Å²) < 4.78 is 11.4. The van der Waals surface area contributed by atoms with E-state index in [0.29, 0.717) is 18.0 Å². The van der Waals surface area contributed by atoms with Gasteiger partial charge in [0.25, 0.3) is 0 Å². The van der Waals surface area contributed by atoms with Crippen LogP contribution in [0.3, 0.4) is 0 Å². The molecule has 100 valence electrons. The zero-order valence-electron chi connectivity index (χ0n) is 10.6. The van der Waals surface area contributed by atoms with Gasteiger partial charge in [0, 0.05) is 12.8 Å². The monoisotopic (exact) mass is 261 g/mol. The number of nitrogen functional groups attached to an aromatic ring is 1. The lowest BCUT2D eigenvalue weighted by atomic mass is 10.3. The third kappa shape index (κ3) is 3.11. The Morgan fingerprint density at radius 3 is 2.89 bits per heavy atom. The van der Waals surface area contributed by atoms with Crippen molar-refractivity contribution < 1.29 is 14.3 Å². The largest absolute Gasteiger partial charge is 0.434 e. The molecule has 6 heteroatoms. The zero-order valence-corrected chi connectivity index (χ0v) is 10.6. The highest BCUT2D eigenvalue weighted by molar-refractivity contribution is 5.87. The first-order valence-electron chi connectivity index (χ1n) is 5.87. The maximum absolute atomic E-state index is 11.6. The van der Waals surface area contributed by atoms with Crippen LogP contribution in [0.1, 0.15) is 17.4 Å². The summed E-state index contributed by atoms with van der Waals surface area (Å²) in [6.45, 7) is 2.23. The first kappa shape index (κ1) is 13.1. The fraction of sp³-hybridized carbons (Fsp3) is 0.231. The Morgan fingerprint density at radius 2 is 2.16 bits per heavy atom. The van der Waals surface area contributed by atoms with Crippen LogP contribution in [0.4, 0.5) is 5.69 Å². The number of hydrogen-bond donors (Lipinski definition) is 1. The summed E-state index contributed by atoms with van der Waals surface area (Å²) in [7, 11) is 0. The molecule has 0 spiro atoms. The lowest BCUT2D eigenvalue weighted by Gasteiger charge is -2.04. The Hall–Kier alpha value is -2.34. The highest BCUT2D eigenvalue weighted by atomic mass is 16.7. The summed E-state index contributed by atoms with van der Waals surface area (Å²) in [6.07, 6.45) is 1.66. The van der Waals surface area contributed by atoms with Gasteiger partial charge in [-0.25, -0.2) is 9.48 Å². The zero-order chi connectivity index (χ0) is 13.7. The molecule has 0 radical (unpaired) electrons. The van der Waals surface area contributed by atoms with Gasteiger partial charge < -0.3 is 15.2 Å². The SMILES string of the molecule is CCOCOC(=O)c1ccn(-c2ccccc2N)n1. The average molecular weight is 261 g/mol. The van der Waals surface area contributed by atoms with E-state index in [1.807, 2.05) is 25.1 Å². The predicted molar refractivity (Wildman–Crippen MR) is 69.9 cm³/mol. The number of esters is 1. The lowest BCUT2D eigenvalue weighted by molar-refractivity contribution is -0.0279. The molecule has 6 nitrogen and oxygen atoms in total. The molecule has 0 saturated heterocycles. The van der Waals surface area contributed by atoms with Crippen LogP contribution >= 0.6 is 0 Å². The number of aromatic nitrogens is 2. The minimum Gasteiger partial charge on any atom is -0.434 e. The van der Waals surface area contributed by atoms with Crippen molar-refractivity contribution >= 4 is 11.7 Å². The molecule has 1 heterocycles. The van der Waals surface area contributed by atoms with Gasteiger partial charge in [-0.05, 0) is 25.1 Å². The number of ether oxygens (including phenoxy) is 2. The quantitative estimate of drug-likeness (QED) is 0.383. The highest BCUT2D eigenvalue weighted by Crippen LogP contribution is 2.15. The van der Waals surface area contributed by atoms with Gasteiger partial charge in [-0.1, -0.05) is 12.1 Å². The van der Waals surface area contributed by atoms with Gasteiger partial charge in [0.05, 0.1) is 11.4 Å². The molecule has 0 amide bonds. The number of hydrogen-bond acceptors (Lipinski definition) is 5. The van der Waals surface area contributed by atoms with E-state index in [0.717, 1.165) is 0 Å². The molecule has 1 aromatic heterocycles. The Bertz CT molecular complexity index is 566. The fourth-order valence-corrected chi connectivity index (χ4v) is 1.52. The standard InChI is InChI=1S/C13H15N3O3/c1-2-18-9-19-13(17)11-7-8-16(15-11)12-6-4-3-5-10(12)14/h3-8H,2,9,14H2,1H3. The van der Waals surface area contributed by atoms with Gasteiger partial charge in [-0.3, -0.25) is 0 Å². The molecular weight excluding hydrogens is 246 g/mol. The van der Waals surface area contributed by atoms with E-state index in [1.165, 1.54) is 4.68 Å². The molecule has 2 N–H and O–H groups in total. The molecular formula is C13H15N3O3. The van der Waals surface area contributed by atoms with Crippen molar-refractivity contribution in [3.05, 3.63) is 42.2 Å². The third-order valence-corrected chi connectivity index (χ3v) is 2.46. The maximum Gasteiger partial charge on any atom is 0.360 e. The second-order valence-electron chi connectivity index (χ2n) is 3.75. The number of anilines is 1. The maximum atomic E-state index is 11.6. The number of para-hydroxylation sites is 2. The molecule has 2 rings (SSSR count). The fourth-order valence-electron chi connectivity index (χ4n) is 1.52. The van der Waals surface area contributed by atoms with Crippen molar-refractivity contribution in [2.24, 2.45) is 0 Å². The third-order valence-electron chi connectivity index (χ3n) is 2.46. The van der Waals surface area contributed by atoms with Gasteiger partial charge in [0.15, 0.2) is 12.5 Å². The predicted octanol–water partition coefficient (Wildman–Crippen LogP) is 1.61. The number of carbonyl (C=O) groups excluding carboxylic acids is 1.